The van der Waals surface area contributed by atoms with Gasteiger partial charge in [0.15, 0.2) is 4.90 Å². The molecule has 0 fully saturated rings. The summed E-state index contributed by atoms with van der Waals surface area (Å²) >= 11 is 1.45. The Hall–Kier alpha value is -2.43. The number of sulfonamides is 1. The first-order valence-electron chi connectivity index (χ1n) is 7.37. The maximum absolute atomic E-state index is 13.6. The lowest BCUT2D eigenvalue weighted by Gasteiger charge is -2.09. The van der Waals surface area contributed by atoms with Crippen LogP contribution in [0.5, 0.6) is 0 Å². The minimum atomic E-state index is -4.51. The van der Waals surface area contributed by atoms with Crippen molar-refractivity contribution in [3.8, 4) is 0 Å². The number of benzene rings is 2. The Labute approximate surface area is 151 Å². The zero-order valence-corrected chi connectivity index (χ0v) is 15.0. The van der Waals surface area contributed by atoms with Gasteiger partial charge in [0.25, 0.3) is 0 Å². The molecule has 3 rings (SSSR count). The zero-order valence-electron chi connectivity index (χ0n) is 13.4. The van der Waals surface area contributed by atoms with Crippen LogP contribution in [0.3, 0.4) is 0 Å². The molecule has 1 aromatic heterocycles. The average Bonchev–Trinajstić information content (AvgIpc) is 2.92. The van der Waals surface area contributed by atoms with E-state index < -0.39 is 39.0 Å². The Bertz CT molecular complexity index is 1080. The molecule has 3 aromatic rings. The molecular weight excluding hydrogens is 384 g/mol. The Balaban J connectivity index is 1.69. The van der Waals surface area contributed by atoms with E-state index in [0.29, 0.717) is 5.69 Å². The summed E-state index contributed by atoms with van der Waals surface area (Å²) in [6.07, 6.45) is 0. The number of fused-ring (bicyclic) bond motifs is 1. The zero-order chi connectivity index (χ0) is 18.9. The number of aromatic nitrogens is 1. The highest BCUT2D eigenvalue weighted by Crippen LogP contribution is 2.24. The second-order valence-electron chi connectivity index (χ2n) is 5.34. The van der Waals surface area contributed by atoms with Crippen LogP contribution in [0.15, 0.2) is 41.3 Å². The Kier molecular flexibility index (Phi) is 4.99. The molecule has 1 heterocycles. The number of halogens is 2. The van der Waals surface area contributed by atoms with Crippen LogP contribution in [0, 0.1) is 18.6 Å². The van der Waals surface area contributed by atoms with E-state index in [2.05, 4.69) is 10.3 Å². The van der Waals surface area contributed by atoms with Gasteiger partial charge in [0, 0.05) is 5.69 Å². The van der Waals surface area contributed by atoms with Gasteiger partial charge in [-0.25, -0.2) is 26.9 Å². The van der Waals surface area contributed by atoms with E-state index in [9.17, 15) is 22.0 Å². The van der Waals surface area contributed by atoms with Gasteiger partial charge >= 0.3 is 0 Å². The summed E-state index contributed by atoms with van der Waals surface area (Å²) in [5, 5.41) is 3.40. The average molecular weight is 397 g/mol. The molecule has 0 saturated heterocycles. The number of rotatable bonds is 5. The molecule has 1 amide bonds. The standard InChI is InChI=1S/C16H13F2N3O3S2/c1-9-20-13-6-5-10(7-14(13)25-9)21-15(22)8-19-26(23,24)16-11(17)3-2-4-12(16)18/h2-7,19H,8H2,1H3,(H,21,22). The molecule has 0 aliphatic rings. The van der Waals surface area contributed by atoms with Crippen molar-refractivity contribution >= 4 is 43.2 Å². The van der Waals surface area contributed by atoms with Crippen LogP contribution in [0.25, 0.3) is 10.2 Å². The smallest absolute Gasteiger partial charge is 0.246 e. The highest BCUT2D eigenvalue weighted by atomic mass is 32.2. The second kappa shape index (κ2) is 7.06. The van der Waals surface area contributed by atoms with Crippen LogP contribution in [-0.4, -0.2) is 25.9 Å². The van der Waals surface area contributed by atoms with Gasteiger partial charge < -0.3 is 5.32 Å². The number of nitrogens with one attached hydrogen (secondary N) is 2. The minimum Gasteiger partial charge on any atom is -0.325 e. The topological polar surface area (TPSA) is 88.2 Å². The molecule has 2 aromatic carbocycles. The molecule has 136 valence electrons. The molecule has 6 nitrogen and oxygen atoms in total. The highest BCUT2D eigenvalue weighted by molar-refractivity contribution is 7.89. The number of hydrogen-bond donors (Lipinski definition) is 2. The van der Waals surface area contributed by atoms with Crippen molar-refractivity contribution in [2.24, 2.45) is 0 Å². The van der Waals surface area contributed by atoms with Crippen molar-refractivity contribution in [2.45, 2.75) is 11.8 Å². The van der Waals surface area contributed by atoms with E-state index in [0.717, 1.165) is 33.4 Å². The van der Waals surface area contributed by atoms with Crippen molar-refractivity contribution in [1.82, 2.24) is 9.71 Å². The molecule has 26 heavy (non-hydrogen) atoms. The summed E-state index contributed by atoms with van der Waals surface area (Å²) in [5.41, 5.74) is 1.25. The SMILES string of the molecule is Cc1nc2ccc(NC(=O)CNS(=O)(=O)c3c(F)cccc3F)cc2s1. The largest absolute Gasteiger partial charge is 0.325 e. The number of thiazole rings is 1. The summed E-state index contributed by atoms with van der Waals surface area (Å²) in [4.78, 5) is 15.1. The van der Waals surface area contributed by atoms with E-state index in [4.69, 9.17) is 0 Å². The van der Waals surface area contributed by atoms with Crippen molar-refractivity contribution in [3.63, 3.8) is 0 Å². The number of hydrogen-bond acceptors (Lipinski definition) is 5. The quantitative estimate of drug-likeness (QED) is 0.693. The fraction of sp³-hybridized carbons (Fsp3) is 0.125. The van der Waals surface area contributed by atoms with Gasteiger partial charge in [-0.3, -0.25) is 4.79 Å². The molecule has 0 spiro atoms. The molecule has 0 bridgehead atoms. The number of carbonyl (C=O) groups excluding carboxylic acids is 1. The van der Waals surface area contributed by atoms with Crippen molar-refractivity contribution in [3.05, 3.63) is 53.0 Å². The molecule has 0 unspecified atom stereocenters. The van der Waals surface area contributed by atoms with Crippen molar-refractivity contribution in [2.75, 3.05) is 11.9 Å². The van der Waals surface area contributed by atoms with Gasteiger partial charge in [-0.15, -0.1) is 11.3 Å². The maximum Gasteiger partial charge on any atom is 0.246 e. The van der Waals surface area contributed by atoms with E-state index in [1.165, 1.54) is 11.3 Å². The molecule has 10 heteroatoms. The summed E-state index contributed by atoms with van der Waals surface area (Å²) in [5.74, 6) is -3.14. The second-order valence-corrected chi connectivity index (χ2v) is 8.28. The first-order valence-corrected chi connectivity index (χ1v) is 9.67. The summed E-state index contributed by atoms with van der Waals surface area (Å²) in [6, 6.07) is 7.77. The van der Waals surface area contributed by atoms with E-state index >= 15 is 0 Å². The summed E-state index contributed by atoms with van der Waals surface area (Å²) in [7, 11) is -4.51. The summed E-state index contributed by atoms with van der Waals surface area (Å²) in [6.45, 7) is 1.19. The lowest BCUT2D eigenvalue weighted by molar-refractivity contribution is -0.115. The van der Waals surface area contributed by atoms with Gasteiger partial charge in [0.05, 0.1) is 21.8 Å². The maximum atomic E-state index is 13.6. The van der Waals surface area contributed by atoms with Gasteiger partial charge in [-0.1, -0.05) is 6.07 Å². The molecule has 2 N–H and O–H groups in total. The minimum absolute atomic E-state index is 0.461. The Morgan fingerprint density at radius 3 is 2.58 bits per heavy atom. The lowest BCUT2D eigenvalue weighted by Crippen LogP contribution is -2.33. The van der Waals surface area contributed by atoms with Gasteiger partial charge in [0.1, 0.15) is 11.6 Å². The number of carbonyl (C=O) groups is 1. The predicted molar refractivity (Wildman–Crippen MR) is 94.5 cm³/mol. The van der Waals surface area contributed by atoms with E-state index in [1.54, 1.807) is 18.2 Å². The van der Waals surface area contributed by atoms with E-state index in [-0.39, 0.29) is 0 Å². The van der Waals surface area contributed by atoms with Crippen LogP contribution >= 0.6 is 11.3 Å². The Morgan fingerprint density at radius 2 is 1.88 bits per heavy atom. The Morgan fingerprint density at radius 1 is 1.19 bits per heavy atom. The van der Waals surface area contributed by atoms with Crippen LogP contribution < -0.4 is 10.0 Å². The van der Waals surface area contributed by atoms with Crippen LogP contribution in [0.4, 0.5) is 14.5 Å². The van der Waals surface area contributed by atoms with Gasteiger partial charge in [-0.05, 0) is 37.3 Å². The fourth-order valence-electron chi connectivity index (χ4n) is 2.29. The van der Waals surface area contributed by atoms with Crippen LogP contribution in [0.2, 0.25) is 0 Å². The van der Waals surface area contributed by atoms with E-state index in [1.807, 2.05) is 11.6 Å². The van der Waals surface area contributed by atoms with Gasteiger partial charge in [0.2, 0.25) is 15.9 Å². The normalized spacial score (nSPS) is 11.7. The van der Waals surface area contributed by atoms with Crippen molar-refractivity contribution in [1.29, 1.82) is 0 Å². The number of aryl methyl sites for hydroxylation is 1. The van der Waals surface area contributed by atoms with Crippen molar-refractivity contribution < 1.29 is 22.0 Å². The van der Waals surface area contributed by atoms with Crippen LogP contribution in [0.1, 0.15) is 5.01 Å². The molecule has 0 aliphatic carbocycles. The third-order valence-electron chi connectivity index (χ3n) is 3.39. The highest BCUT2D eigenvalue weighted by Gasteiger charge is 2.24. The first kappa shape index (κ1) is 18.4. The molecular formula is C16H13F2N3O3S2. The summed E-state index contributed by atoms with van der Waals surface area (Å²) < 4.78 is 54.0. The van der Waals surface area contributed by atoms with Gasteiger partial charge in [-0.2, -0.15) is 0 Å². The monoisotopic (exact) mass is 397 g/mol. The molecule has 0 aliphatic heterocycles. The third kappa shape index (κ3) is 3.87. The number of nitrogens with zero attached hydrogens (tertiary/aromatic N) is 1. The molecule has 0 radical (unpaired) electrons. The fourth-order valence-corrected chi connectivity index (χ4v) is 4.28. The molecule has 0 atom stereocenters. The van der Waals surface area contributed by atoms with Crippen LogP contribution in [-0.2, 0) is 14.8 Å². The number of anilines is 1. The lowest BCUT2D eigenvalue weighted by atomic mass is 10.3. The third-order valence-corrected chi connectivity index (χ3v) is 5.77. The molecule has 0 saturated carbocycles. The predicted octanol–water partition coefficient (Wildman–Crippen LogP) is 2.80. The number of amides is 1. The first-order chi connectivity index (χ1) is 12.3.